The first kappa shape index (κ1) is 12.4. The molecule has 0 saturated carbocycles. The molecule has 4 heteroatoms. The maximum absolute atomic E-state index is 12.4. The average Bonchev–Trinajstić information content (AvgIpc) is 2.51. The summed E-state index contributed by atoms with van der Waals surface area (Å²) >= 11 is 0. The molecule has 1 aliphatic rings. The van der Waals surface area contributed by atoms with Gasteiger partial charge in [0.05, 0.1) is 5.56 Å². The summed E-state index contributed by atoms with van der Waals surface area (Å²) in [4.78, 5) is 14.7. The predicted octanol–water partition coefficient (Wildman–Crippen LogP) is 1.53. The second kappa shape index (κ2) is 4.33. The van der Waals surface area contributed by atoms with E-state index >= 15 is 0 Å². The van der Waals surface area contributed by atoms with E-state index in [1.165, 1.54) is 5.69 Å². The number of aromatic nitrogens is 2. The summed E-state index contributed by atoms with van der Waals surface area (Å²) in [7, 11) is 2.01. The van der Waals surface area contributed by atoms with Gasteiger partial charge in [-0.2, -0.15) is 0 Å². The molecule has 0 aromatic carbocycles. The van der Waals surface area contributed by atoms with Crippen molar-refractivity contribution in [2.24, 2.45) is 7.05 Å². The summed E-state index contributed by atoms with van der Waals surface area (Å²) in [6, 6.07) is 0.737. The Morgan fingerprint density at radius 3 is 2.29 bits per heavy atom. The van der Waals surface area contributed by atoms with Gasteiger partial charge in [-0.05, 0) is 27.7 Å². The van der Waals surface area contributed by atoms with E-state index in [2.05, 4.69) is 37.3 Å². The molecule has 0 amide bonds. The Bertz CT molecular complexity index is 468. The van der Waals surface area contributed by atoms with E-state index in [-0.39, 0.29) is 11.6 Å². The first-order valence-corrected chi connectivity index (χ1v) is 6.46. The standard InChI is InChI=1S/C13H23N3O/c1-9(2)15-7-6-12-11(8-15)13(17)16(10(3)4)14(12)5/h9-10H,6-8H2,1-5H3. The Morgan fingerprint density at radius 2 is 1.76 bits per heavy atom. The van der Waals surface area contributed by atoms with Crippen LogP contribution in [0.2, 0.25) is 0 Å². The number of nitrogens with zero attached hydrogens (tertiary/aromatic N) is 3. The lowest BCUT2D eigenvalue weighted by molar-refractivity contribution is 0.201. The highest BCUT2D eigenvalue weighted by molar-refractivity contribution is 5.22. The van der Waals surface area contributed by atoms with E-state index in [0.717, 1.165) is 25.1 Å². The third kappa shape index (κ3) is 1.95. The molecule has 96 valence electrons. The minimum Gasteiger partial charge on any atom is -0.296 e. The van der Waals surface area contributed by atoms with Crippen LogP contribution in [0.4, 0.5) is 0 Å². The Kier molecular flexibility index (Phi) is 3.17. The monoisotopic (exact) mass is 237 g/mol. The summed E-state index contributed by atoms with van der Waals surface area (Å²) in [6.07, 6.45) is 0.985. The molecule has 0 spiro atoms. The minimum absolute atomic E-state index is 0.197. The molecule has 4 nitrogen and oxygen atoms in total. The fourth-order valence-electron chi connectivity index (χ4n) is 2.75. The fraction of sp³-hybridized carbons (Fsp3) is 0.769. The molecular formula is C13H23N3O. The van der Waals surface area contributed by atoms with Gasteiger partial charge in [0.15, 0.2) is 0 Å². The van der Waals surface area contributed by atoms with E-state index in [1.807, 2.05) is 11.7 Å². The Balaban J connectivity index is 2.46. The third-order valence-electron chi connectivity index (χ3n) is 3.74. The van der Waals surface area contributed by atoms with E-state index in [0.29, 0.717) is 6.04 Å². The molecule has 0 unspecified atom stereocenters. The molecule has 0 saturated heterocycles. The molecular weight excluding hydrogens is 214 g/mol. The lowest BCUT2D eigenvalue weighted by Crippen LogP contribution is -2.37. The highest BCUT2D eigenvalue weighted by Gasteiger charge is 2.26. The first-order valence-electron chi connectivity index (χ1n) is 6.46. The van der Waals surface area contributed by atoms with Crippen molar-refractivity contribution in [3.8, 4) is 0 Å². The van der Waals surface area contributed by atoms with Crippen LogP contribution in [0, 0.1) is 0 Å². The zero-order valence-electron chi connectivity index (χ0n) is 11.5. The van der Waals surface area contributed by atoms with E-state index in [9.17, 15) is 4.79 Å². The van der Waals surface area contributed by atoms with Gasteiger partial charge in [-0.3, -0.25) is 14.4 Å². The van der Waals surface area contributed by atoms with Crippen LogP contribution < -0.4 is 5.56 Å². The molecule has 17 heavy (non-hydrogen) atoms. The lowest BCUT2D eigenvalue weighted by Gasteiger charge is -2.29. The number of hydrogen-bond donors (Lipinski definition) is 0. The van der Waals surface area contributed by atoms with Gasteiger partial charge in [-0.25, -0.2) is 4.68 Å². The topological polar surface area (TPSA) is 30.2 Å². The molecule has 0 aliphatic carbocycles. The molecule has 2 heterocycles. The van der Waals surface area contributed by atoms with Crippen molar-refractivity contribution in [1.82, 2.24) is 14.3 Å². The summed E-state index contributed by atoms with van der Waals surface area (Å²) in [5.74, 6) is 0. The second-order valence-electron chi connectivity index (χ2n) is 5.51. The fourth-order valence-corrected chi connectivity index (χ4v) is 2.75. The second-order valence-corrected chi connectivity index (χ2v) is 5.51. The molecule has 1 aromatic rings. The molecule has 0 N–H and O–H groups in total. The normalized spacial score (nSPS) is 16.9. The lowest BCUT2D eigenvalue weighted by atomic mass is 10.1. The summed E-state index contributed by atoms with van der Waals surface area (Å²) < 4.78 is 3.93. The predicted molar refractivity (Wildman–Crippen MR) is 69.3 cm³/mol. The van der Waals surface area contributed by atoms with Gasteiger partial charge in [0.1, 0.15) is 0 Å². The third-order valence-corrected chi connectivity index (χ3v) is 3.74. The zero-order chi connectivity index (χ0) is 12.7. The van der Waals surface area contributed by atoms with Crippen molar-refractivity contribution in [1.29, 1.82) is 0 Å². The first-order chi connectivity index (χ1) is 7.93. The van der Waals surface area contributed by atoms with Gasteiger partial charge in [0, 0.05) is 44.3 Å². The van der Waals surface area contributed by atoms with Crippen LogP contribution in [0.15, 0.2) is 4.79 Å². The highest BCUT2D eigenvalue weighted by atomic mass is 16.1. The van der Waals surface area contributed by atoms with E-state index in [4.69, 9.17) is 0 Å². The van der Waals surface area contributed by atoms with Crippen LogP contribution in [0.3, 0.4) is 0 Å². The van der Waals surface area contributed by atoms with E-state index < -0.39 is 0 Å². The van der Waals surface area contributed by atoms with Crippen LogP contribution in [-0.4, -0.2) is 26.9 Å². The Hall–Kier alpha value is -1.03. The summed E-state index contributed by atoms with van der Waals surface area (Å²) in [5.41, 5.74) is 2.42. The van der Waals surface area contributed by atoms with Gasteiger partial charge >= 0.3 is 0 Å². The SMILES string of the molecule is CC(C)N1CCc2c(c(=O)n(C(C)C)n2C)C1. The van der Waals surface area contributed by atoms with Gasteiger partial charge in [0.25, 0.3) is 5.56 Å². The molecule has 0 fully saturated rings. The van der Waals surface area contributed by atoms with Gasteiger partial charge in [-0.1, -0.05) is 0 Å². The van der Waals surface area contributed by atoms with E-state index in [1.54, 1.807) is 0 Å². The average molecular weight is 237 g/mol. The quantitative estimate of drug-likeness (QED) is 0.781. The van der Waals surface area contributed by atoms with Crippen molar-refractivity contribution in [3.63, 3.8) is 0 Å². The Labute approximate surface area is 103 Å². The Morgan fingerprint density at radius 1 is 1.12 bits per heavy atom. The largest absolute Gasteiger partial charge is 0.296 e. The van der Waals surface area contributed by atoms with Crippen molar-refractivity contribution in [3.05, 3.63) is 21.6 Å². The van der Waals surface area contributed by atoms with Crippen LogP contribution in [-0.2, 0) is 20.0 Å². The van der Waals surface area contributed by atoms with Crippen LogP contribution >= 0.6 is 0 Å². The van der Waals surface area contributed by atoms with Crippen LogP contribution in [0.1, 0.15) is 45.0 Å². The van der Waals surface area contributed by atoms with Gasteiger partial charge in [-0.15, -0.1) is 0 Å². The minimum atomic E-state index is 0.197. The smallest absolute Gasteiger partial charge is 0.271 e. The number of rotatable bonds is 2. The molecule has 1 aliphatic heterocycles. The molecule has 1 aromatic heterocycles. The molecule has 0 atom stereocenters. The van der Waals surface area contributed by atoms with Gasteiger partial charge < -0.3 is 0 Å². The molecule has 0 bridgehead atoms. The zero-order valence-corrected chi connectivity index (χ0v) is 11.5. The van der Waals surface area contributed by atoms with Crippen LogP contribution in [0.5, 0.6) is 0 Å². The highest BCUT2D eigenvalue weighted by Crippen LogP contribution is 2.19. The van der Waals surface area contributed by atoms with Crippen molar-refractivity contribution in [2.45, 2.75) is 52.7 Å². The number of hydrogen-bond acceptors (Lipinski definition) is 2. The van der Waals surface area contributed by atoms with Crippen molar-refractivity contribution < 1.29 is 0 Å². The number of fused-ring (bicyclic) bond motifs is 1. The maximum atomic E-state index is 12.4. The van der Waals surface area contributed by atoms with Gasteiger partial charge in [0.2, 0.25) is 0 Å². The van der Waals surface area contributed by atoms with Crippen molar-refractivity contribution >= 4 is 0 Å². The summed E-state index contributed by atoms with van der Waals surface area (Å²) in [5, 5.41) is 0. The summed E-state index contributed by atoms with van der Waals surface area (Å²) in [6.45, 7) is 10.4. The van der Waals surface area contributed by atoms with Crippen molar-refractivity contribution in [2.75, 3.05) is 6.54 Å². The maximum Gasteiger partial charge on any atom is 0.271 e. The molecule has 0 radical (unpaired) electrons. The molecule has 2 rings (SSSR count). The van der Waals surface area contributed by atoms with Crippen LogP contribution in [0.25, 0.3) is 0 Å².